The number of carboxylic acid groups (broad SMARTS) is 1. The van der Waals surface area contributed by atoms with Crippen LogP contribution in [0.25, 0.3) is 11.0 Å². The van der Waals surface area contributed by atoms with Crippen LogP contribution in [0.5, 0.6) is 5.95 Å². The number of rotatable bonds is 6. The molecule has 1 aromatic carbocycles. The summed E-state index contributed by atoms with van der Waals surface area (Å²) in [6.45, 7) is 3.47. The first kappa shape index (κ1) is 17.3. The predicted octanol–water partition coefficient (Wildman–Crippen LogP) is 2.81. The van der Waals surface area contributed by atoms with Gasteiger partial charge in [-0.05, 0) is 6.07 Å². The van der Waals surface area contributed by atoms with Crippen LogP contribution in [0.15, 0.2) is 28.7 Å². The molecular formula is C17H17NO6S. The van der Waals surface area contributed by atoms with Crippen LogP contribution < -0.4 is 10.1 Å². The van der Waals surface area contributed by atoms with Gasteiger partial charge in [-0.25, -0.2) is 4.79 Å². The molecule has 0 saturated carbocycles. The number of benzene rings is 1. The molecule has 25 heavy (non-hydrogen) atoms. The summed E-state index contributed by atoms with van der Waals surface area (Å²) in [5.74, 6) is -1.66. The van der Waals surface area contributed by atoms with Gasteiger partial charge in [0, 0.05) is 23.3 Å². The summed E-state index contributed by atoms with van der Waals surface area (Å²) >= 11 is 0.908. The Labute approximate surface area is 147 Å². The Kier molecular flexibility index (Phi) is 4.71. The molecule has 0 aliphatic carbocycles. The van der Waals surface area contributed by atoms with Crippen LogP contribution in [0, 0.1) is 5.92 Å². The smallest absolute Gasteiger partial charge is 0.345 e. The maximum atomic E-state index is 11.9. The van der Waals surface area contributed by atoms with E-state index in [1.165, 1.54) is 0 Å². The van der Waals surface area contributed by atoms with E-state index in [9.17, 15) is 19.5 Å². The number of aliphatic carboxylic acids is 1. The summed E-state index contributed by atoms with van der Waals surface area (Å²) in [6.07, 6.45) is -0.870. The van der Waals surface area contributed by atoms with Gasteiger partial charge in [-0.15, -0.1) is 0 Å². The van der Waals surface area contributed by atoms with Crippen molar-refractivity contribution in [3.63, 3.8) is 0 Å². The zero-order valence-corrected chi connectivity index (χ0v) is 14.5. The third-order valence-electron chi connectivity index (χ3n) is 3.90. The molecule has 2 amide bonds. The molecule has 0 bridgehead atoms. The number of hydrogen-bond donors (Lipinski definition) is 2. The highest BCUT2D eigenvalue weighted by molar-refractivity contribution is 8.15. The first-order chi connectivity index (χ1) is 11.9. The van der Waals surface area contributed by atoms with Crippen LogP contribution in [0.1, 0.15) is 19.4 Å². The number of ether oxygens (including phenoxy) is 1. The number of nitrogens with one attached hydrogen (secondary N) is 1. The fourth-order valence-corrected chi connectivity index (χ4v) is 3.50. The molecular weight excluding hydrogens is 346 g/mol. The second-order valence-electron chi connectivity index (χ2n) is 6.07. The maximum absolute atomic E-state index is 11.9. The third kappa shape index (κ3) is 3.48. The minimum absolute atomic E-state index is 0.0787. The number of carbonyl (C=O) groups excluding carboxylic acids is 2. The van der Waals surface area contributed by atoms with Gasteiger partial charge in [0.25, 0.3) is 11.2 Å². The standard InChI is InChI=1S/C17H17NO6S/c1-8(2)13(15(20)21)24-16-10(7-12-14(19)18-17(22)25-12)9-5-3-4-6-11(9)23-16/h3-6,8,12-13H,7H2,1-2H3,(H,20,21)(H,18,19,22). The summed E-state index contributed by atoms with van der Waals surface area (Å²) < 4.78 is 11.3. The van der Waals surface area contributed by atoms with Gasteiger partial charge in [0.15, 0.2) is 0 Å². The van der Waals surface area contributed by atoms with Crippen molar-refractivity contribution in [1.29, 1.82) is 0 Å². The molecule has 8 heteroatoms. The number of hydrogen-bond acceptors (Lipinski definition) is 6. The van der Waals surface area contributed by atoms with Crippen molar-refractivity contribution in [2.45, 2.75) is 31.6 Å². The number of amides is 2. The molecule has 132 valence electrons. The Morgan fingerprint density at radius 2 is 2.08 bits per heavy atom. The van der Waals surface area contributed by atoms with Crippen molar-refractivity contribution in [1.82, 2.24) is 5.32 Å². The molecule has 1 fully saturated rings. The first-order valence-corrected chi connectivity index (χ1v) is 8.66. The number of fused-ring (bicyclic) bond motifs is 1. The molecule has 1 saturated heterocycles. The van der Waals surface area contributed by atoms with E-state index < -0.39 is 22.6 Å². The Hall–Kier alpha value is -2.48. The van der Waals surface area contributed by atoms with Crippen LogP contribution in [-0.4, -0.2) is 33.6 Å². The number of para-hydroxylation sites is 1. The number of carboxylic acids is 1. The lowest BCUT2D eigenvalue weighted by atomic mass is 10.1. The van der Waals surface area contributed by atoms with Gasteiger partial charge in [-0.1, -0.05) is 43.8 Å². The molecule has 3 rings (SSSR count). The Bertz CT molecular complexity index is 843. The van der Waals surface area contributed by atoms with Crippen molar-refractivity contribution in [3.8, 4) is 5.95 Å². The third-order valence-corrected chi connectivity index (χ3v) is 4.88. The molecule has 1 aromatic heterocycles. The summed E-state index contributed by atoms with van der Waals surface area (Å²) in [6, 6.07) is 7.15. The molecule has 2 N–H and O–H groups in total. The lowest BCUT2D eigenvalue weighted by Gasteiger charge is -2.17. The number of thioether (sulfide) groups is 1. The van der Waals surface area contributed by atoms with Gasteiger partial charge in [-0.2, -0.15) is 0 Å². The molecule has 2 atom stereocenters. The van der Waals surface area contributed by atoms with Gasteiger partial charge in [-0.3, -0.25) is 14.9 Å². The van der Waals surface area contributed by atoms with Crippen molar-refractivity contribution < 1.29 is 28.6 Å². The maximum Gasteiger partial charge on any atom is 0.345 e. The monoisotopic (exact) mass is 363 g/mol. The number of furan rings is 1. The normalized spacial score (nSPS) is 18.6. The fraction of sp³-hybridized carbons (Fsp3) is 0.353. The average Bonchev–Trinajstić information content (AvgIpc) is 3.04. The van der Waals surface area contributed by atoms with Crippen molar-refractivity contribution >= 4 is 39.8 Å². The van der Waals surface area contributed by atoms with Gasteiger partial charge in [0.1, 0.15) is 5.58 Å². The van der Waals surface area contributed by atoms with Crippen LogP contribution in [0.2, 0.25) is 0 Å². The second-order valence-corrected chi connectivity index (χ2v) is 7.25. The van der Waals surface area contributed by atoms with Crippen LogP contribution >= 0.6 is 11.8 Å². The van der Waals surface area contributed by atoms with Crippen molar-refractivity contribution in [3.05, 3.63) is 29.8 Å². The van der Waals surface area contributed by atoms with E-state index in [2.05, 4.69) is 5.32 Å². The van der Waals surface area contributed by atoms with E-state index >= 15 is 0 Å². The van der Waals surface area contributed by atoms with Crippen molar-refractivity contribution in [2.75, 3.05) is 0 Å². The van der Waals surface area contributed by atoms with Gasteiger partial charge in [0.2, 0.25) is 12.0 Å². The molecule has 2 unspecified atom stereocenters. The molecule has 2 heterocycles. The van der Waals surface area contributed by atoms with E-state index in [4.69, 9.17) is 9.15 Å². The fourth-order valence-electron chi connectivity index (χ4n) is 2.66. The Morgan fingerprint density at radius 3 is 2.68 bits per heavy atom. The summed E-state index contributed by atoms with van der Waals surface area (Å²) in [4.78, 5) is 34.7. The molecule has 7 nitrogen and oxygen atoms in total. The predicted molar refractivity (Wildman–Crippen MR) is 91.7 cm³/mol. The van der Waals surface area contributed by atoms with E-state index in [0.717, 1.165) is 17.1 Å². The molecule has 0 radical (unpaired) electrons. The summed E-state index contributed by atoms with van der Waals surface area (Å²) in [5.41, 5.74) is 1.12. The van der Waals surface area contributed by atoms with E-state index in [1.54, 1.807) is 26.0 Å². The number of imide groups is 1. The lowest BCUT2D eigenvalue weighted by Crippen LogP contribution is -2.32. The van der Waals surface area contributed by atoms with Crippen molar-refractivity contribution in [2.24, 2.45) is 5.92 Å². The summed E-state index contributed by atoms with van der Waals surface area (Å²) in [7, 11) is 0. The topological polar surface area (TPSA) is 106 Å². The zero-order valence-electron chi connectivity index (χ0n) is 13.6. The second kappa shape index (κ2) is 6.79. The molecule has 1 aliphatic heterocycles. The van der Waals surface area contributed by atoms with Crippen LogP contribution in [-0.2, 0) is 16.0 Å². The van der Waals surface area contributed by atoms with E-state index in [0.29, 0.717) is 11.1 Å². The molecule has 0 spiro atoms. The number of carbonyl (C=O) groups is 3. The Balaban J connectivity index is 1.98. The SMILES string of the molecule is CC(C)C(Oc1oc2ccccc2c1CC1SC(=O)NC1=O)C(=O)O. The highest BCUT2D eigenvalue weighted by Crippen LogP contribution is 2.36. The van der Waals surface area contributed by atoms with E-state index in [1.807, 2.05) is 12.1 Å². The Morgan fingerprint density at radius 1 is 1.36 bits per heavy atom. The first-order valence-electron chi connectivity index (χ1n) is 7.78. The van der Waals surface area contributed by atoms with Crippen LogP contribution in [0.3, 0.4) is 0 Å². The lowest BCUT2D eigenvalue weighted by molar-refractivity contribution is -0.147. The van der Waals surface area contributed by atoms with Gasteiger partial charge >= 0.3 is 5.97 Å². The summed E-state index contributed by atoms with van der Waals surface area (Å²) in [5, 5.41) is 11.3. The van der Waals surface area contributed by atoms with Gasteiger partial charge in [0.05, 0.1) is 5.25 Å². The average molecular weight is 363 g/mol. The highest BCUT2D eigenvalue weighted by Gasteiger charge is 2.35. The van der Waals surface area contributed by atoms with Gasteiger partial charge < -0.3 is 14.3 Å². The largest absolute Gasteiger partial charge is 0.478 e. The molecule has 2 aromatic rings. The quantitative estimate of drug-likeness (QED) is 0.813. The van der Waals surface area contributed by atoms with E-state index in [-0.39, 0.29) is 24.2 Å². The minimum atomic E-state index is -1.09. The molecule has 1 aliphatic rings. The minimum Gasteiger partial charge on any atom is -0.478 e. The van der Waals surface area contributed by atoms with Crippen LogP contribution in [0.4, 0.5) is 4.79 Å². The zero-order chi connectivity index (χ0) is 18.1. The highest BCUT2D eigenvalue weighted by atomic mass is 32.2.